The maximum atomic E-state index is 7.12. The number of aliphatic hydroxyl groups is 2. The third-order valence-corrected chi connectivity index (χ3v) is 0. The predicted molar refractivity (Wildman–Crippen MR) is 9.30 cm³/mol. The molecule has 2 radical (unpaired) electrons. The van der Waals surface area contributed by atoms with Crippen molar-refractivity contribution in [2.24, 2.45) is 0 Å². The van der Waals surface area contributed by atoms with Crippen LogP contribution in [0.5, 0.6) is 0 Å². The van der Waals surface area contributed by atoms with Crippen LogP contribution in [0.15, 0.2) is 0 Å². The van der Waals surface area contributed by atoms with Crippen molar-refractivity contribution in [1.29, 1.82) is 0 Å². The van der Waals surface area contributed by atoms with E-state index in [4.69, 9.17) is 10.2 Å². The fraction of sp³-hybridized carbons (Fsp3) is 1.00. The summed E-state index contributed by atoms with van der Waals surface area (Å²) in [6, 6.07) is 0. The summed E-state index contributed by atoms with van der Waals surface area (Å²) < 4.78 is 0. The Hall–Kier alpha value is 1.24. The molecule has 0 fully saturated rings. The first kappa shape index (κ1) is 16.3. The maximum Gasteiger partial charge on any atom is 0.140 e. The Morgan fingerprint density at radius 3 is 1.00 bits per heavy atom. The second-order valence-corrected chi connectivity index (χ2v) is 0.141. The Labute approximate surface area is 57.9 Å². The van der Waals surface area contributed by atoms with Crippen molar-refractivity contribution >= 4 is 0 Å². The third kappa shape index (κ3) is 35.6. The molecule has 0 rings (SSSR count). The van der Waals surface area contributed by atoms with E-state index in [2.05, 4.69) is 0 Å². The van der Waals surface area contributed by atoms with E-state index < -0.39 is 6.79 Å². The molecule has 0 bridgehead atoms. The van der Waals surface area contributed by atoms with Crippen molar-refractivity contribution in [2.75, 3.05) is 6.79 Å². The smallest absolute Gasteiger partial charge is 0.140 e. The summed E-state index contributed by atoms with van der Waals surface area (Å²) >= 11 is 0. The zero-order valence-corrected chi connectivity index (χ0v) is 7.79. The van der Waals surface area contributed by atoms with E-state index >= 15 is 0 Å². The van der Waals surface area contributed by atoms with Gasteiger partial charge in [-0.2, -0.15) is 0 Å². The Kier molecular flexibility index (Phi) is 61.2. The van der Waals surface area contributed by atoms with Gasteiger partial charge in [0.15, 0.2) is 0 Å². The third-order valence-electron chi connectivity index (χ3n) is 0. The minimum atomic E-state index is -0.750. The van der Waals surface area contributed by atoms with E-state index in [1.165, 1.54) is 0 Å². The molecule has 2 nitrogen and oxygen atoms in total. The Balaban J connectivity index is -0.0000000200. The normalized spacial score (nSPS) is 3.60. The second-order valence-electron chi connectivity index (χ2n) is 0.141. The van der Waals surface area contributed by atoms with Crippen molar-refractivity contribution in [2.45, 2.75) is 0 Å². The van der Waals surface area contributed by atoms with E-state index in [1.807, 2.05) is 0 Å². The molecule has 0 aliphatic carbocycles. The van der Waals surface area contributed by atoms with Crippen LogP contribution in [0.1, 0.15) is 0 Å². The van der Waals surface area contributed by atoms with Crippen molar-refractivity contribution < 1.29 is 51.1 Å². The van der Waals surface area contributed by atoms with E-state index in [1.54, 1.807) is 0 Å². The van der Waals surface area contributed by atoms with E-state index in [0.717, 1.165) is 0 Å². The standard InChI is InChI=1S/CH4O2.2Re/c2-1-3;;/h2-3H,1H2;;. The SMILES string of the molecule is OCO.[Re].[Re]. The molecule has 2 N–H and O–H groups in total. The van der Waals surface area contributed by atoms with Crippen molar-refractivity contribution in [1.82, 2.24) is 0 Å². The largest absolute Gasteiger partial charge is 0.371 e. The molecule has 0 aliphatic rings. The first-order valence-electron chi connectivity index (χ1n) is 0.632. The van der Waals surface area contributed by atoms with Gasteiger partial charge in [-0.3, -0.25) is 0 Å². The van der Waals surface area contributed by atoms with Gasteiger partial charge in [-0.1, -0.05) is 0 Å². The Morgan fingerprint density at radius 1 is 1.00 bits per heavy atom. The molecule has 0 amide bonds. The van der Waals surface area contributed by atoms with Gasteiger partial charge >= 0.3 is 0 Å². The molecule has 0 heterocycles. The molecular formula is CH4O2Re2. The molecule has 0 unspecified atom stereocenters. The summed E-state index contributed by atoms with van der Waals surface area (Å²) in [5.41, 5.74) is 0. The Morgan fingerprint density at radius 2 is 1.00 bits per heavy atom. The molecule has 5 heavy (non-hydrogen) atoms. The predicted octanol–water partition coefficient (Wildman–Crippen LogP) is -1.08. The molecule has 0 saturated heterocycles. The maximum absolute atomic E-state index is 7.12. The molecular weight excluding hydrogens is 416 g/mol. The van der Waals surface area contributed by atoms with Crippen LogP contribution in [-0.4, -0.2) is 17.0 Å². The van der Waals surface area contributed by atoms with Gasteiger partial charge in [0.25, 0.3) is 0 Å². The summed E-state index contributed by atoms with van der Waals surface area (Å²) in [6.45, 7) is -0.750. The first-order chi connectivity index (χ1) is 1.41. The molecule has 0 saturated carbocycles. The van der Waals surface area contributed by atoms with Crippen LogP contribution in [0, 0.1) is 0 Å². The number of aliphatic hydroxyl groups excluding tert-OH is 1. The van der Waals surface area contributed by atoms with Gasteiger partial charge in [0.2, 0.25) is 0 Å². The number of hydrogen-bond acceptors (Lipinski definition) is 2. The van der Waals surface area contributed by atoms with Gasteiger partial charge in [-0.05, 0) is 0 Å². The summed E-state index contributed by atoms with van der Waals surface area (Å²) in [7, 11) is 0. The molecule has 0 aromatic carbocycles. The zero-order valence-electron chi connectivity index (χ0n) is 2.36. The molecule has 0 aromatic heterocycles. The van der Waals surface area contributed by atoms with Crippen molar-refractivity contribution in [3.8, 4) is 0 Å². The molecule has 34 valence electrons. The van der Waals surface area contributed by atoms with Gasteiger partial charge in [-0.25, -0.2) is 0 Å². The molecule has 0 atom stereocenters. The van der Waals surface area contributed by atoms with Gasteiger partial charge in [-0.15, -0.1) is 0 Å². The van der Waals surface area contributed by atoms with Gasteiger partial charge in [0.1, 0.15) is 6.79 Å². The van der Waals surface area contributed by atoms with Crippen LogP contribution in [0.2, 0.25) is 0 Å². The second kappa shape index (κ2) is 18.8. The zero-order chi connectivity index (χ0) is 2.71. The topological polar surface area (TPSA) is 40.5 Å². The fourth-order valence-corrected chi connectivity index (χ4v) is 0. The molecule has 0 spiro atoms. The van der Waals surface area contributed by atoms with Gasteiger partial charge in [0, 0.05) is 40.8 Å². The minimum Gasteiger partial charge on any atom is -0.371 e. The van der Waals surface area contributed by atoms with Crippen LogP contribution in [0.4, 0.5) is 0 Å². The number of hydrogen-bond donors (Lipinski definition) is 2. The van der Waals surface area contributed by atoms with Crippen LogP contribution >= 0.6 is 0 Å². The average Bonchev–Trinajstić information content (AvgIpc) is 0.918. The number of rotatable bonds is 0. The molecule has 0 aliphatic heterocycles. The fourth-order valence-electron chi connectivity index (χ4n) is 0. The van der Waals surface area contributed by atoms with Gasteiger partial charge < -0.3 is 10.2 Å². The van der Waals surface area contributed by atoms with E-state index in [9.17, 15) is 0 Å². The van der Waals surface area contributed by atoms with Crippen LogP contribution in [0.3, 0.4) is 0 Å². The quantitative estimate of drug-likeness (QED) is 0.490. The monoisotopic (exact) mass is 422 g/mol. The molecule has 4 heteroatoms. The summed E-state index contributed by atoms with van der Waals surface area (Å²) in [6.07, 6.45) is 0. The summed E-state index contributed by atoms with van der Waals surface area (Å²) in [5, 5.41) is 14.2. The summed E-state index contributed by atoms with van der Waals surface area (Å²) in [4.78, 5) is 0. The van der Waals surface area contributed by atoms with Crippen molar-refractivity contribution in [3.05, 3.63) is 0 Å². The first-order valence-corrected chi connectivity index (χ1v) is 0.632. The van der Waals surface area contributed by atoms with E-state index in [-0.39, 0.29) is 40.8 Å². The minimum absolute atomic E-state index is 0. The Bertz CT molecular complexity index is 7.61. The average molecular weight is 420 g/mol. The van der Waals surface area contributed by atoms with Gasteiger partial charge in [0.05, 0.1) is 0 Å². The van der Waals surface area contributed by atoms with Crippen LogP contribution in [-0.2, 0) is 40.8 Å². The van der Waals surface area contributed by atoms with Crippen LogP contribution in [0.25, 0.3) is 0 Å². The van der Waals surface area contributed by atoms with Crippen LogP contribution < -0.4 is 0 Å². The summed E-state index contributed by atoms with van der Waals surface area (Å²) in [5.74, 6) is 0. The molecule has 0 aromatic rings. The van der Waals surface area contributed by atoms with E-state index in [0.29, 0.717) is 0 Å². The van der Waals surface area contributed by atoms with Crippen molar-refractivity contribution in [3.63, 3.8) is 0 Å².